The molecule has 0 radical (unpaired) electrons. The maximum Gasteiger partial charge on any atom is 0.244 e. The van der Waals surface area contributed by atoms with E-state index in [0.717, 1.165) is 6.42 Å². The molecule has 1 fully saturated rings. The third-order valence-corrected chi connectivity index (χ3v) is 6.03. The van der Waals surface area contributed by atoms with Gasteiger partial charge in [0.15, 0.2) is 0 Å². The highest BCUT2D eigenvalue weighted by molar-refractivity contribution is 7.89. The van der Waals surface area contributed by atoms with E-state index in [4.69, 9.17) is 33.7 Å². The first-order valence-corrected chi connectivity index (χ1v) is 8.33. The van der Waals surface area contributed by atoms with Gasteiger partial charge in [-0.25, -0.2) is 8.42 Å². The van der Waals surface area contributed by atoms with Crippen molar-refractivity contribution in [3.05, 3.63) is 22.2 Å². The van der Waals surface area contributed by atoms with Crippen molar-refractivity contribution < 1.29 is 13.2 Å². The van der Waals surface area contributed by atoms with Crippen molar-refractivity contribution in [2.45, 2.75) is 11.3 Å². The Balaban J connectivity index is 0.00000220. The Bertz CT molecular complexity index is 610. The Morgan fingerprint density at radius 2 is 2.05 bits per heavy atom. The summed E-state index contributed by atoms with van der Waals surface area (Å²) < 4.78 is 31.5. The lowest BCUT2D eigenvalue weighted by atomic mass is 10.1. The molecule has 1 unspecified atom stereocenters. The van der Waals surface area contributed by atoms with Gasteiger partial charge in [-0.1, -0.05) is 23.2 Å². The van der Waals surface area contributed by atoms with E-state index in [-0.39, 0.29) is 33.3 Å². The monoisotopic (exact) mass is 374 g/mol. The Labute approximate surface area is 140 Å². The molecule has 2 rings (SSSR count). The van der Waals surface area contributed by atoms with Crippen molar-refractivity contribution in [2.24, 2.45) is 11.7 Å². The number of hydrogen-bond acceptors (Lipinski definition) is 4. The lowest BCUT2D eigenvalue weighted by Gasteiger charge is -2.18. The first kappa shape index (κ1) is 18.8. The van der Waals surface area contributed by atoms with Gasteiger partial charge in [0.1, 0.15) is 10.6 Å². The molecule has 1 atom stereocenters. The van der Waals surface area contributed by atoms with Crippen LogP contribution in [0, 0.1) is 5.92 Å². The summed E-state index contributed by atoms with van der Waals surface area (Å²) in [6.07, 6.45) is 0.761. The fourth-order valence-corrected chi connectivity index (χ4v) is 4.57. The van der Waals surface area contributed by atoms with E-state index in [9.17, 15) is 8.42 Å². The lowest BCUT2D eigenvalue weighted by molar-refractivity contribution is 0.414. The summed E-state index contributed by atoms with van der Waals surface area (Å²) in [5, 5.41) is 0.312. The van der Waals surface area contributed by atoms with Crippen LogP contribution in [0.1, 0.15) is 6.42 Å². The molecule has 1 aliphatic rings. The van der Waals surface area contributed by atoms with Gasteiger partial charge in [0, 0.05) is 19.2 Å². The summed E-state index contributed by atoms with van der Waals surface area (Å²) in [4.78, 5) is 0.00244. The van der Waals surface area contributed by atoms with Gasteiger partial charge in [-0.15, -0.1) is 12.4 Å². The highest BCUT2D eigenvalue weighted by atomic mass is 35.5. The summed E-state index contributed by atoms with van der Waals surface area (Å²) >= 11 is 12.0. The standard InChI is InChI=1S/C12H16Cl2N2O3S.ClH/c1-19-11-4-10(14)12(5-9(11)13)20(17,18)16-3-2-8(6-15)7-16;/h4-5,8H,2-3,6-7,15H2,1H3;1H. The molecule has 1 heterocycles. The molecule has 1 aliphatic heterocycles. The van der Waals surface area contributed by atoms with E-state index >= 15 is 0 Å². The van der Waals surface area contributed by atoms with E-state index < -0.39 is 10.0 Å². The highest BCUT2D eigenvalue weighted by Gasteiger charge is 2.33. The molecule has 0 amide bonds. The summed E-state index contributed by atoms with van der Waals surface area (Å²) in [5.41, 5.74) is 5.58. The second-order valence-corrected chi connectivity index (χ2v) is 7.39. The summed E-state index contributed by atoms with van der Waals surface area (Å²) in [5.74, 6) is 0.536. The Morgan fingerprint density at radius 3 is 2.57 bits per heavy atom. The van der Waals surface area contributed by atoms with Crippen LogP contribution in [0.25, 0.3) is 0 Å². The number of benzene rings is 1. The van der Waals surface area contributed by atoms with E-state index in [2.05, 4.69) is 0 Å². The molecule has 0 spiro atoms. The highest BCUT2D eigenvalue weighted by Crippen LogP contribution is 2.35. The maximum absolute atomic E-state index is 12.6. The average molecular weight is 376 g/mol. The summed E-state index contributed by atoms with van der Waals surface area (Å²) in [6, 6.07) is 2.74. The van der Waals surface area contributed by atoms with Gasteiger partial charge < -0.3 is 10.5 Å². The number of ether oxygens (including phenoxy) is 1. The first-order chi connectivity index (χ1) is 9.40. The Hall–Kier alpha value is -0.240. The SMILES string of the molecule is COc1cc(Cl)c(S(=O)(=O)N2CCC(CN)C2)cc1Cl.Cl. The third-order valence-electron chi connectivity index (χ3n) is 3.41. The molecule has 9 heteroatoms. The van der Waals surface area contributed by atoms with E-state index in [1.165, 1.54) is 23.5 Å². The van der Waals surface area contributed by atoms with Crippen LogP contribution in [0.3, 0.4) is 0 Å². The van der Waals surface area contributed by atoms with Crippen LogP contribution in [-0.2, 0) is 10.0 Å². The molecular weight excluding hydrogens is 359 g/mol. The molecule has 5 nitrogen and oxygen atoms in total. The number of sulfonamides is 1. The number of rotatable bonds is 4. The second kappa shape index (κ2) is 7.35. The zero-order chi connectivity index (χ0) is 14.9. The largest absolute Gasteiger partial charge is 0.495 e. The molecule has 1 aromatic rings. The molecule has 120 valence electrons. The minimum Gasteiger partial charge on any atom is -0.495 e. The van der Waals surface area contributed by atoms with Gasteiger partial charge in [-0.3, -0.25) is 0 Å². The number of hydrogen-bond donors (Lipinski definition) is 1. The van der Waals surface area contributed by atoms with Gasteiger partial charge in [0.2, 0.25) is 10.0 Å². The van der Waals surface area contributed by atoms with Gasteiger partial charge in [0.05, 0.1) is 17.2 Å². The maximum atomic E-state index is 12.6. The van der Waals surface area contributed by atoms with Crippen LogP contribution < -0.4 is 10.5 Å². The molecular formula is C12H17Cl3N2O3S. The minimum absolute atomic E-state index is 0. The van der Waals surface area contributed by atoms with Crippen LogP contribution in [0.2, 0.25) is 10.0 Å². The predicted octanol–water partition coefficient (Wildman–Crippen LogP) is 2.39. The van der Waals surface area contributed by atoms with Crippen molar-refractivity contribution in [1.82, 2.24) is 4.31 Å². The van der Waals surface area contributed by atoms with Crippen molar-refractivity contribution >= 4 is 45.6 Å². The number of halogens is 3. The number of nitrogens with zero attached hydrogens (tertiary/aromatic N) is 1. The topological polar surface area (TPSA) is 72.6 Å². The van der Waals surface area contributed by atoms with E-state index in [0.29, 0.717) is 25.4 Å². The molecule has 0 saturated carbocycles. The Kier molecular flexibility index (Phi) is 6.58. The van der Waals surface area contributed by atoms with E-state index in [1.807, 2.05) is 0 Å². The van der Waals surface area contributed by atoms with Crippen molar-refractivity contribution in [3.8, 4) is 5.75 Å². The molecule has 1 aromatic carbocycles. The third kappa shape index (κ3) is 3.75. The van der Waals surface area contributed by atoms with Crippen LogP contribution in [0.15, 0.2) is 17.0 Å². The normalized spacial score (nSPS) is 19.3. The number of methoxy groups -OCH3 is 1. The van der Waals surface area contributed by atoms with Crippen LogP contribution in [0.5, 0.6) is 5.75 Å². The van der Waals surface area contributed by atoms with Crippen LogP contribution in [0.4, 0.5) is 0 Å². The van der Waals surface area contributed by atoms with Crippen molar-refractivity contribution in [3.63, 3.8) is 0 Å². The van der Waals surface area contributed by atoms with Crippen LogP contribution >= 0.6 is 35.6 Å². The zero-order valence-electron chi connectivity index (χ0n) is 11.4. The predicted molar refractivity (Wildman–Crippen MR) is 86.2 cm³/mol. The second-order valence-electron chi connectivity index (χ2n) is 4.67. The van der Waals surface area contributed by atoms with Gasteiger partial charge >= 0.3 is 0 Å². The van der Waals surface area contributed by atoms with Crippen molar-refractivity contribution in [2.75, 3.05) is 26.7 Å². The molecule has 0 aliphatic carbocycles. The molecule has 1 saturated heterocycles. The molecule has 0 bridgehead atoms. The van der Waals surface area contributed by atoms with Gasteiger partial charge in [0.25, 0.3) is 0 Å². The quantitative estimate of drug-likeness (QED) is 0.877. The molecule has 21 heavy (non-hydrogen) atoms. The minimum atomic E-state index is -3.65. The smallest absolute Gasteiger partial charge is 0.244 e. The fourth-order valence-electron chi connectivity index (χ4n) is 2.21. The molecule has 0 aromatic heterocycles. The average Bonchev–Trinajstić information content (AvgIpc) is 2.90. The first-order valence-electron chi connectivity index (χ1n) is 6.13. The van der Waals surface area contributed by atoms with E-state index in [1.54, 1.807) is 0 Å². The fraction of sp³-hybridized carbons (Fsp3) is 0.500. The van der Waals surface area contributed by atoms with Crippen LogP contribution in [-0.4, -0.2) is 39.5 Å². The van der Waals surface area contributed by atoms with Gasteiger partial charge in [-0.2, -0.15) is 4.31 Å². The van der Waals surface area contributed by atoms with Crippen molar-refractivity contribution in [1.29, 1.82) is 0 Å². The summed E-state index contributed by atoms with van der Waals surface area (Å²) in [7, 11) is -2.21. The zero-order valence-corrected chi connectivity index (χ0v) is 14.5. The van der Waals surface area contributed by atoms with Gasteiger partial charge in [-0.05, 0) is 24.9 Å². The number of nitrogens with two attached hydrogens (primary N) is 1. The Morgan fingerprint density at radius 1 is 1.38 bits per heavy atom. The summed E-state index contributed by atoms with van der Waals surface area (Å²) in [6.45, 7) is 1.34. The lowest BCUT2D eigenvalue weighted by Crippen LogP contribution is -2.30. The molecule has 2 N–H and O–H groups in total.